The number of nitrogens with two attached hydrogens (primary N) is 1. The Bertz CT molecular complexity index is 683. The van der Waals surface area contributed by atoms with Gasteiger partial charge in [0.05, 0.1) is 12.2 Å². The topological polar surface area (TPSA) is 90.6 Å². The van der Waals surface area contributed by atoms with Crippen LogP contribution in [0.15, 0.2) is 48.5 Å². The molecule has 23 heavy (non-hydrogen) atoms. The molecule has 0 aliphatic heterocycles. The third-order valence-electron chi connectivity index (χ3n) is 2.91. The molecule has 0 aliphatic rings. The summed E-state index contributed by atoms with van der Waals surface area (Å²) in [7, 11) is 0. The van der Waals surface area contributed by atoms with Crippen LogP contribution in [0.5, 0.6) is 5.75 Å². The number of amides is 1. The van der Waals surface area contributed by atoms with Gasteiger partial charge < -0.3 is 20.5 Å². The van der Waals surface area contributed by atoms with Crippen LogP contribution in [0.25, 0.3) is 0 Å². The number of ether oxygens (including phenoxy) is 2. The zero-order valence-electron chi connectivity index (χ0n) is 12.7. The lowest BCUT2D eigenvalue weighted by Crippen LogP contribution is -2.20. The van der Waals surface area contributed by atoms with Crippen molar-refractivity contribution in [2.75, 3.05) is 24.3 Å². The second-order valence-corrected chi connectivity index (χ2v) is 4.71. The second-order valence-electron chi connectivity index (χ2n) is 4.71. The maximum absolute atomic E-state index is 11.8. The van der Waals surface area contributed by atoms with Gasteiger partial charge in [0.25, 0.3) is 5.91 Å². The summed E-state index contributed by atoms with van der Waals surface area (Å²) < 4.78 is 10.3. The average molecular weight is 314 g/mol. The van der Waals surface area contributed by atoms with E-state index in [2.05, 4.69) is 5.32 Å². The fraction of sp³-hybridized carbons (Fsp3) is 0.176. The first kappa shape index (κ1) is 16.4. The molecule has 0 aliphatic carbocycles. The lowest BCUT2D eigenvalue weighted by molar-refractivity contribution is -0.119. The van der Waals surface area contributed by atoms with Crippen LogP contribution in [0.3, 0.4) is 0 Å². The SMILES string of the molecule is CCOc1ccc(NC(=O)COC(=O)c2cccc(N)c2)cc1. The minimum atomic E-state index is -0.598. The molecule has 0 unspecified atom stereocenters. The number of esters is 1. The molecule has 0 aromatic heterocycles. The van der Waals surface area contributed by atoms with Crippen LogP contribution in [0.2, 0.25) is 0 Å². The van der Waals surface area contributed by atoms with Gasteiger partial charge >= 0.3 is 5.97 Å². The van der Waals surface area contributed by atoms with Gasteiger partial charge in [-0.05, 0) is 49.4 Å². The molecule has 2 aromatic carbocycles. The Kier molecular flexibility index (Phi) is 5.57. The number of hydrogen-bond donors (Lipinski definition) is 2. The number of anilines is 2. The Hall–Kier alpha value is -3.02. The van der Waals surface area contributed by atoms with Crippen molar-refractivity contribution in [2.45, 2.75) is 6.92 Å². The Morgan fingerprint density at radius 3 is 2.52 bits per heavy atom. The summed E-state index contributed by atoms with van der Waals surface area (Å²) in [4.78, 5) is 23.6. The Balaban J connectivity index is 1.84. The molecule has 0 saturated carbocycles. The van der Waals surface area contributed by atoms with Crippen LogP contribution < -0.4 is 15.8 Å². The molecule has 0 radical (unpaired) electrons. The molecule has 1 amide bonds. The van der Waals surface area contributed by atoms with Crippen molar-refractivity contribution < 1.29 is 19.1 Å². The summed E-state index contributed by atoms with van der Waals surface area (Å²) in [5.41, 5.74) is 6.95. The molecule has 2 aromatic rings. The quantitative estimate of drug-likeness (QED) is 0.631. The van der Waals surface area contributed by atoms with E-state index in [1.54, 1.807) is 42.5 Å². The summed E-state index contributed by atoms with van der Waals surface area (Å²) >= 11 is 0. The first-order valence-corrected chi connectivity index (χ1v) is 7.14. The van der Waals surface area contributed by atoms with Crippen molar-refractivity contribution in [1.82, 2.24) is 0 Å². The molecule has 120 valence electrons. The van der Waals surface area contributed by atoms with E-state index >= 15 is 0 Å². The molecular formula is C17H18N2O4. The normalized spacial score (nSPS) is 9.96. The number of carbonyl (C=O) groups excluding carboxylic acids is 2. The van der Waals surface area contributed by atoms with E-state index in [1.165, 1.54) is 6.07 Å². The summed E-state index contributed by atoms with van der Waals surface area (Å²) in [6.45, 7) is 2.09. The fourth-order valence-corrected chi connectivity index (χ4v) is 1.88. The third-order valence-corrected chi connectivity index (χ3v) is 2.91. The summed E-state index contributed by atoms with van der Waals surface area (Å²) in [5, 5.41) is 2.63. The number of rotatable bonds is 6. The smallest absolute Gasteiger partial charge is 0.338 e. The second kappa shape index (κ2) is 7.84. The maximum Gasteiger partial charge on any atom is 0.338 e. The molecule has 0 bridgehead atoms. The summed E-state index contributed by atoms with van der Waals surface area (Å²) in [6, 6.07) is 13.3. The third kappa shape index (κ3) is 5.03. The van der Waals surface area contributed by atoms with E-state index in [0.29, 0.717) is 23.5 Å². The van der Waals surface area contributed by atoms with Crippen LogP contribution in [0, 0.1) is 0 Å². The number of carbonyl (C=O) groups is 2. The minimum absolute atomic E-state index is 0.305. The highest BCUT2D eigenvalue weighted by atomic mass is 16.5. The van der Waals surface area contributed by atoms with Crippen LogP contribution in [-0.2, 0) is 9.53 Å². The fourth-order valence-electron chi connectivity index (χ4n) is 1.88. The van der Waals surface area contributed by atoms with Gasteiger partial charge in [-0.15, -0.1) is 0 Å². The predicted molar refractivity (Wildman–Crippen MR) is 87.4 cm³/mol. The Labute approximate surface area is 134 Å². The van der Waals surface area contributed by atoms with Crippen molar-refractivity contribution >= 4 is 23.3 Å². The van der Waals surface area contributed by atoms with E-state index in [1.807, 2.05) is 6.92 Å². The molecule has 3 N–H and O–H groups in total. The van der Waals surface area contributed by atoms with Gasteiger partial charge in [-0.2, -0.15) is 0 Å². The van der Waals surface area contributed by atoms with E-state index in [4.69, 9.17) is 15.2 Å². The highest BCUT2D eigenvalue weighted by Crippen LogP contribution is 2.15. The molecular weight excluding hydrogens is 296 g/mol. The zero-order chi connectivity index (χ0) is 16.7. The van der Waals surface area contributed by atoms with Crippen LogP contribution >= 0.6 is 0 Å². The zero-order valence-corrected chi connectivity index (χ0v) is 12.7. The monoisotopic (exact) mass is 314 g/mol. The van der Waals surface area contributed by atoms with Gasteiger partial charge in [-0.1, -0.05) is 6.07 Å². The number of nitrogens with one attached hydrogen (secondary N) is 1. The van der Waals surface area contributed by atoms with Crippen molar-refractivity contribution in [1.29, 1.82) is 0 Å². The van der Waals surface area contributed by atoms with E-state index in [0.717, 1.165) is 5.75 Å². The molecule has 6 heteroatoms. The van der Waals surface area contributed by atoms with Gasteiger partial charge in [0.2, 0.25) is 0 Å². The van der Waals surface area contributed by atoms with Crippen LogP contribution in [0.4, 0.5) is 11.4 Å². The molecule has 0 spiro atoms. The molecule has 6 nitrogen and oxygen atoms in total. The van der Waals surface area contributed by atoms with E-state index < -0.39 is 11.9 Å². The Morgan fingerprint density at radius 1 is 1.13 bits per heavy atom. The average Bonchev–Trinajstić information content (AvgIpc) is 2.55. The first-order valence-electron chi connectivity index (χ1n) is 7.14. The van der Waals surface area contributed by atoms with Gasteiger partial charge in [-0.25, -0.2) is 4.79 Å². The van der Waals surface area contributed by atoms with Crippen molar-refractivity contribution in [3.05, 3.63) is 54.1 Å². The van der Waals surface area contributed by atoms with Crippen molar-refractivity contribution in [2.24, 2.45) is 0 Å². The highest BCUT2D eigenvalue weighted by Gasteiger charge is 2.10. The first-order chi connectivity index (χ1) is 11.1. The summed E-state index contributed by atoms with van der Waals surface area (Å²) in [5.74, 6) is -0.302. The lowest BCUT2D eigenvalue weighted by Gasteiger charge is -2.08. The molecule has 2 rings (SSSR count). The summed E-state index contributed by atoms with van der Waals surface area (Å²) in [6.07, 6.45) is 0. The standard InChI is InChI=1S/C17H18N2O4/c1-2-22-15-8-6-14(7-9-15)19-16(20)11-23-17(21)12-4-3-5-13(18)10-12/h3-10H,2,11,18H2,1H3,(H,19,20). The number of hydrogen-bond acceptors (Lipinski definition) is 5. The van der Waals surface area contributed by atoms with Gasteiger partial charge in [0.15, 0.2) is 6.61 Å². The minimum Gasteiger partial charge on any atom is -0.494 e. The molecule has 0 heterocycles. The maximum atomic E-state index is 11.8. The van der Waals surface area contributed by atoms with E-state index in [9.17, 15) is 9.59 Å². The largest absolute Gasteiger partial charge is 0.494 e. The van der Waals surface area contributed by atoms with Gasteiger partial charge in [-0.3, -0.25) is 4.79 Å². The molecule has 0 saturated heterocycles. The van der Waals surface area contributed by atoms with Gasteiger partial charge in [0.1, 0.15) is 5.75 Å². The van der Waals surface area contributed by atoms with Gasteiger partial charge in [0, 0.05) is 11.4 Å². The predicted octanol–water partition coefficient (Wildman–Crippen LogP) is 2.46. The Morgan fingerprint density at radius 2 is 1.87 bits per heavy atom. The van der Waals surface area contributed by atoms with Crippen molar-refractivity contribution in [3.8, 4) is 5.75 Å². The highest BCUT2D eigenvalue weighted by molar-refractivity contribution is 5.95. The molecule has 0 atom stereocenters. The lowest BCUT2D eigenvalue weighted by atomic mass is 10.2. The van der Waals surface area contributed by atoms with Crippen molar-refractivity contribution in [3.63, 3.8) is 0 Å². The number of nitrogen functional groups attached to an aromatic ring is 1. The molecule has 0 fully saturated rings. The van der Waals surface area contributed by atoms with Crippen LogP contribution in [0.1, 0.15) is 17.3 Å². The van der Waals surface area contributed by atoms with E-state index in [-0.39, 0.29) is 6.61 Å². The number of benzene rings is 2. The van der Waals surface area contributed by atoms with Crippen LogP contribution in [-0.4, -0.2) is 25.1 Å².